The molecule has 0 saturated heterocycles. The van der Waals surface area contributed by atoms with Crippen LogP contribution >= 0.6 is 11.6 Å². The quantitative estimate of drug-likeness (QED) is 0.357. The molecule has 138 valence electrons. The third-order valence-electron chi connectivity index (χ3n) is 3.88. The van der Waals surface area contributed by atoms with Crippen molar-refractivity contribution in [3.05, 3.63) is 71.5 Å². The van der Waals surface area contributed by atoms with E-state index >= 15 is 0 Å². The van der Waals surface area contributed by atoms with Crippen LogP contribution in [-0.2, 0) is 0 Å². The number of aldehydes is 1. The number of halogens is 1. The maximum atomic E-state index is 10.8. The Kier molecular flexibility index (Phi) is 5.78. The molecule has 0 aliphatic heterocycles. The molecule has 0 radical (unpaired) electrons. The predicted molar refractivity (Wildman–Crippen MR) is 109 cm³/mol. The van der Waals surface area contributed by atoms with Crippen LogP contribution in [0.4, 0.5) is 17.1 Å². The first-order valence-corrected chi connectivity index (χ1v) is 8.62. The summed E-state index contributed by atoms with van der Waals surface area (Å²) in [5.41, 5.74) is 8.91. The summed E-state index contributed by atoms with van der Waals surface area (Å²) in [7, 11) is 1.94. The summed E-state index contributed by atoms with van der Waals surface area (Å²) < 4.78 is 5.75. The van der Waals surface area contributed by atoms with Crippen LogP contribution < -0.4 is 20.7 Å². The summed E-state index contributed by atoms with van der Waals surface area (Å²) in [4.78, 5) is 16.7. The topological polar surface area (TPSA) is 80.5 Å². The van der Waals surface area contributed by atoms with Gasteiger partial charge in [0.05, 0.1) is 18.0 Å². The van der Waals surface area contributed by atoms with Crippen LogP contribution in [0.3, 0.4) is 0 Å². The number of aromatic nitrogens is 1. The van der Waals surface area contributed by atoms with E-state index in [2.05, 4.69) is 10.3 Å². The summed E-state index contributed by atoms with van der Waals surface area (Å²) in [5.74, 6) is 1.11. The second kappa shape index (κ2) is 8.42. The van der Waals surface area contributed by atoms with E-state index in [1.165, 1.54) is 6.20 Å². The Morgan fingerprint density at radius 1 is 1.15 bits per heavy atom. The van der Waals surface area contributed by atoms with Crippen LogP contribution in [0.15, 0.2) is 60.8 Å². The molecule has 7 heteroatoms. The molecule has 0 fully saturated rings. The molecule has 0 atom stereocenters. The molecular weight excluding hydrogens is 364 g/mol. The van der Waals surface area contributed by atoms with E-state index in [4.69, 9.17) is 22.1 Å². The largest absolute Gasteiger partial charge is 0.457 e. The first-order chi connectivity index (χ1) is 13.0. The highest BCUT2D eigenvalue weighted by Gasteiger charge is 2.08. The minimum atomic E-state index is 0.310. The molecule has 0 amide bonds. The lowest BCUT2D eigenvalue weighted by Crippen LogP contribution is -2.25. The van der Waals surface area contributed by atoms with Gasteiger partial charge in [-0.05, 0) is 42.5 Å². The third-order valence-corrected chi connectivity index (χ3v) is 4.14. The van der Waals surface area contributed by atoms with Crippen LogP contribution in [0.2, 0.25) is 5.02 Å². The van der Waals surface area contributed by atoms with Gasteiger partial charge in [-0.1, -0.05) is 11.6 Å². The summed E-state index contributed by atoms with van der Waals surface area (Å²) >= 11 is 5.89. The highest BCUT2D eigenvalue weighted by Crippen LogP contribution is 2.30. The minimum absolute atomic E-state index is 0.310. The van der Waals surface area contributed by atoms with E-state index in [1.807, 2.05) is 48.3 Å². The SMILES string of the molecule is CN(CNc1ccc(Cl)cc1)c1ccc(Oc2ccnc(C=O)c2)cc1N. The van der Waals surface area contributed by atoms with Crippen molar-refractivity contribution >= 4 is 34.9 Å². The third kappa shape index (κ3) is 4.89. The second-order valence-electron chi connectivity index (χ2n) is 5.90. The number of nitrogens with zero attached hydrogens (tertiary/aromatic N) is 2. The summed E-state index contributed by atoms with van der Waals surface area (Å²) in [6.07, 6.45) is 2.19. The Bertz CT molecular complexity index is 932. The normalized spacial score (nSPS) is 10.3. The number of pyridine rings is 1. The second-order valence-corrected chi connectivity index (χ2v) is 6.33. The zero-order valence-corrected chi connectivity index (χ0v) is 15.5. The molecule has 0 aliphatic carbocycles. The van der Waals surface area contributed by atoms with Crippen molar-refractivity contribution in [2.24, 2.45) is 0 Å². The van der Waals surface area contributed by atoms with Crippen molar-refractivity contribution in [3.8, 4) is 11.5 Å². The molecule has 3 aromatic rings. The number of hydrogen-bond acceptors (Lipinski definition) is 6. The van der Waals surface area contributed by atoms with Gasteiger partial charge in [-0.2, -0.15) is 0 Å². The Balaban J connectivity index is 1.66. The fraction of sp³-hybridized carbons (Fsp3) is 0.100. The number of anilines is 3. The average molecular weight is 383 g/mol. The highest BCUT2D eigenvalue weighted by atomic mass is 35.5. The van der Waals surface area contributed by atoms with Crippen LogP contribution in [-0.4, -0.2) is 25.0 Å². The van der Waals surface area contributed by atoms with Gasteiger partial charge in [0, 0.05) is 36.1 Å². The summed E-state index contributed by atoms with van der Waals surface area (Å²) in [6, 6.07) is 16.2. The lowest BCUT2D eigenvalue weighted by Gasteiger charge is -2.22. The number of ether oxygens (including phenoxy) is 1. The fourth-order valence-corrected chi connectivity index (χ4v) is 2.62. The van der Waals surface area contributed by atoms with Gasteiger partial charge in [0.1, 0.15) is 17.2 Å². The van der Waals surface area contributed by atoms with Gasteiger partial charge in [-0.25, -0.2) is 0 Å². The number of carbonyl (C=O) groups is 1. The number of nitrogens with two attached hydrogens (primary N) is 1. The number of hydrogen-bond donors (Lipinski definition) is 2. The molecule has 0 unspecified atom stereocenters. The van der Waals surface area contributed by atoms with Gasteiger partial charge in [-0.3, -0.25) is 9.78 Å². The molecule has 3 rings (SSSR count). The van der Waals surface area contributed by atoms with E-state index in [0.29, 0.717) is 40.9 Å². The van der Waals surface area contributed by atoms with Gasteiger partial charge < -0.3 is 20.7 Å². The number of nitrogen functional groups attached to an aromatic ring is 1. The number of carbonyl (C=O) groups excluding carboxylic acids is 1. The van der Waals surface area contributed by atoms with Gasteiger partial charge in [0.15, 0.2) is 6.29 Å². The fourth-order valence-electron chi connectivity index (χ4n) is 2.50. The molecule has 1 aromatic heterocycles. The number of rotatable bonds is 7. The molecule has 6 nitrogen and oxygen atoms in total. The van der Waals surface area contributed by atoms with Crippen LogP contribution in [0.1, 0.15) is 10.5 Å². The molecule has 0 aliphatic rings. The molecule has 2 aromatic carbocycles. The molecule has 0 spiro atoms. The predicted octanol–water partition coefficient (Wildman–Crippen LogP) is 4.43. The Morgan fingerprint density at radius 2 is 1.89 bits per heavy atom. The van der Waals surface area contributed by atoms with E-state index in [9.17, 15) is 4.79 Å². The molecule has 27 heavy (non-hydrogen) atoms. The monoisotopic (exact) mass is 382 g/mol. The molecule has 3 N–H and O–H groups in total. The lowest BCUT2D eigenvalue weighted by atomic mass is 10.2. The zero-order valence-electron chi connectivity index (χ0n) is 14.7. The molecule has 0 saturated carbocycles. The van der Waals surface area contributed by atoms with Gasteiger partial charge in [-0.15, -0.1) is 0 Å². The maximum absolute atomic E-state index is 10.8. The van der Waals surface area contributed by atoms with Gasteiger partial charge >= 0.3 is 0 Å². The van der Waals surface area contributed by atoms with Gasteiger partial charge in [0.2, 0.25) is 0 Å². The van der Waals surface area contributed by atoms with E-state index in [1.54, 1.807) is 18.2 Å². The molecule has 0 bridgehead atoms. The van der Waals surface area contributed by atoms with Crippen LogP contribution in [0, 0.1) is 0 Å². The smallest absolute Gasteiger partial charge is 0.168 e. The molecule has 1 heterocycles. The first kappa shape index (κ1) is 18.5. The van der Waals surface area contributed by atoms with E-state index in [0.717, 1.165) is 11.4 Å². The Morgan fingerprint density at radius 3 is 2.59 bits per heavy atom. The Labute approximate surface area is 162 Å². The number of benzene rings is 2. The summed E-state index contributed by atoms with van der Waals surface area (Å²) in [5, 5.41) is 4.00. The molecular formula is C20H19ClN4O2. The van der Waals surface area contributed by atoms with Crippen molar-refractivity contribution in [2.75, 3.05) is 29.7 Å². The van der Waals surface area contributed by atoms with Crippen LogP contribution in [0.5, 0.6) is 11.5 Å². The van der Waals surface area contributed by atoms with E-state index < -0.39 is 0 Å². The van der Waals surface area contributed by atoms with Crippen molar-refractivity contribution < 1.29 is 9.53 Å². The minimum Gasteiger partial charge on any atom is -0.457 e. The highest BCUT2D eigenvalue weighted by molar-refractivity contribution is 6.30. The van der Waals surface area contributed by atoms with Gasteiger partial charge in [0.25, 0.3) is 0 Å². The number of nitrogens with one attached hydrogen (secondary N) is 1. The Hall–Kier alpha value is -3.25. The first-order valence-electron chi connectivity index (χ1n) is 8.24. The average Bonchev–Trinajstić information content (AvgIpc) is 2.67. The standard InChI is InChI=1S/C20H19ClN4O2/c1-25(13-24-15-4-2-14(21)3-5-15)20-7-6-17(11-19(20)22)27-18-8-9-23-16(10-18)12-26/h2-12,24H,13,22H2,1H3. The zero-order chi connectivity index (χ0) is 19.2. The van der Waals surface area contributed by atoms with Crippen molar-refractivity contribution in [1.29, 1.82) is 0 Å². The van der Waals surface area contributed by atoms with E-state index in [-0.39, 0.29) is 0 Å². The van der Waals surface area contributed by atoms with Crippen molar-refractivity contribution in [1.82, 2.24) is 4.98 Å². The maximum Gasteiger partial charge on any atom is 0.168 e. The van der Waals surface area contributed by atoms with Crippen molar-refractivity contribution in [3.63, 3.8) is 0 Å². The lowest BCUT2D eigenvalue weighted by molar-refractivity contribution is 0.111. The van der Waals surface area contributed by atoms with Crippen LogP contribution in [0.25, 0.3) is 0 Å². The summed E-state index contributed by atoms with van der Waals surface area (Å²) in [6.45, 7) is 0.569. The van der Waals surface area contributed by atoms with Crippen molar-refractivity contribution in [2.45, 2.75) is 0 Å².